The van der Waals surface area contributed by atoms with Crippen molar-refractivity contribution >= 4 is 63.4 Å². The number of amides is 2. The number of anilines is 2. The van der Waals surface area contributed by atoms with Crippen LogP contribution in [0.25, 0.3) is 22.2 Å². The van der Waals surface area contributed by atoms with Crippen molar-refractivity contribution in [3.8, 4) is 11.3 Å². The Morgan fingerprint density at radius 3 is 2.27 bits per heavy atom. The largest absolute Gasteiger partial charge is 0.490 e. The summed E-state index contributed by atoms with van der Waals surface area (Å²) in [6, 6.07) is 29.2. The zero-order valence-electron chi connectivity index (χ0n) is 27.0. The van der Waals surface area contributed by atoms with E-state index in [4.69, 9.17) is 43.8 Å². The first kappa shape index (κ1) is 37.4. The molecule has 1 atom stereocenters. The van der Waals surface area contributed by atoms with Crippen LogP contribution in [-0.2, 0) is 22.4 Å². The molecule has 0 radical (unpaired) electrons. The maximum atomic E-state index is 13.4. The van der Waals surface area contributed by atoms with E-state index in [1.807, 2.05) is 78.9 Å². The van der Waals surface area contributed by atoms with Gasteiger partial charge >= 0.3 is 12.1 Å². The summed E-state index contributed by atoms with van der Waals surface area (Å²) in [5.41, 5.74) is 10.8. The number of aromatic nitrogens is 4. The molecule has 2 aromatic heterocycles. The number of H-pyrrole nitrogens is 2. The topological polar surface area (TPSA) is 179 Å². The van der Waals surface area contributed by atoms with E-state index in [-0.39, 0.29) is 18.2 Å². The lowest BCUT2D eigenvalue weighted by Crippen LogP contribution is -2.31. The predicted molar refractivity (Wildman–Crippen MR) is 192 cm³/mol. The Hall–Kier alpha value is -5.86. The molecular weight excluding hydrogens is 722 g/mol. The van der Waals surface area contributed by atoms with Crippen LogP contribution >= 0.6 is 23.2 Å². The lowest BCUT2D eigenvalue weighted by Gasteiger charge is -2.17. The number of aromatic amines is 2. The minimum Gasteiger partial charge on any atom is -0.475 e. The third-order valence-corrected chi connectivity index (χ3v) is 8.21. The standard InChI is InChI=1S/C34H29Cl2N7O2.C2HF3O2/c35-23-13-15-25(34(45)38-24-9-5-2-6-10-24)21(18-23)12-16-29(44)39-28(17-20-7-3-1-4-8-20)33-40-30(31(36)41-33)22-11-14-26-27(19-22)42-43-32(26)37;3-2(4,5)1(6)7/h1-11,13-15,18-19,28H,12,16-17H2,(H,38,45)(H,39,44)(H,40,41)(H3,37,42,43);(H,6,7)/t28-;/m0./s1. The average molecular weight is 753 g/mol. The second kappa shape index (κ2) is 16.4. The van der Waals surface area contributed by atoms with E-state index in [9.17, 15) is 22.8 Å². The van der Waals surface area contributed by atoms with Gasteiger partial charge in [-0.2, -0.15) is 18.3 Å². The number of fused-ring (bicyclic) bond motifs is 1. The summed E-state index contributed by atoms with van der Waals surface area (Å²) in [6.45, 7) is 0. The third kappa shape index (κ3) is 9.68. The first-order chi connectivity index (χ1) is 24.8. The second-order valence-corrected chi connectivity index (χ2v) is 12.2. The molecule has 0 bridgehead atoms. The maximum Gasteiger partial charge on any atom is 0.490 e. The number of benzene rings is 4. The number of aliphatic carboxylic acids is 1. The van der Waals surface area contributed by atoms with Gasteiger partial charge in [0.1, 0.15) is 16.7 Å². The number of nitrogens with two attached hydrogens (primary N) is 1. The number of alkyl halides is 3. The number of nitrogens with one attached hydrogen (secondary N) is 4. The zero-order valence-corrected chi connectivity index (χ0v) is 28.5. The fraction of sp³-hybridized carbons (Fsp3) is 0.139. The summed E-state index contributed by atoms with van der Waals surface area (Å²) >= 11 is 12.9. The summed E-state index contributed by atoms with van der Waals surface area (Å²) < 4.78 is 31.7. The molecule has 0 unspecified atom stereocenters. The van der Waals surface area contributed by atoms with Crippen molar-refractivity contribution < 1.29 is 32.7 Å². The quantitative estimate of drug-likeness (QED) is 0.0828. The van der Waals surface area contributed by atoms with E-state index in [1.165, 1.54) is 0 Å². The fourth-order valence-electron chi connectivity index (χ4n) is 5.20. The molecule has 16 heteroatoms. The maximum absolute atomic E-state index is 13.4. The van der Waals surface area contributed by atoms with Crippen LogP contribution in [-0.4, -0.2) is 49.2 Å². The van der Waals surface area contributed by atoms with Crippen molar-refractivity contribution in [3.05, 3.63) is 130 Å². The van der Waals surface area contributed by atoms with Crippen molar-refractivity contribution in [2.75, 3.05) is 11.1 Å². The van der Waals surface area contributed by atoms with E-state index in [2.05, 4.69) is 25.8 Å². The Morgan fingerprint density at radius 1 is 0.923 bits per heavy atom. The molecule has 0 aliphatic carbocycles. The van der Waals surface area contributed by atoms with Crippen molar-refractivity contribution in [1.82, 2.24) is 25.5 Å². The van der Waals surface area contributed by atoms with E-state index >= 15 is 0 Å². The smallest absolute Gasteiger partial charge is 0.475 e. The van der Waals surface area contributed by atoms with Crippen molar-refractivity contribution in [3.63, 3.8) is 0 Å². The minimum absolute atomic E-state index is 0.121. The Kier molecular flexibility index (Phi) is 11.8. The molecule has 6 rings (SSSR count). The molecule has 268 valence electrons. The number of para-hydroxylation sites is 1. The van der Waals surface area contributed by atoms with E-state index in [0.29, 0.717) is 57.2 Å². The fourth-order valence-corrected chi connectivity index (χ4v) is 5.65. The summed E-state index contributed by atoms with van der Waals surface area (Å²) in [5, 5.41) is 21.8. The van der Waals surface area contributed by atoms with Crippen LogP contribution in [0.5, 0.6) is 0 Å². The Balaban J connectivity index is 0.000000679. The first-order valence-corrected chi connectivity index (χ1v) is 16.3. The highest BCUT2D eigenvalue weighted by Crippen LogP contribution is 2.31. The van der Waals surface area contributed by atoms with Crippen LogP contribution in [0.3, 0.4) is 0 Å². The minimum atomic E-state index is -5.08. The SMILES string of the molecule is Nc1n[nH]c2cc(-c3nc([C@H](Cc4ccccc4)NC(=O)CCc4cc(Cl)ccc4C(=O)Nc4ccccc4)[nH]c3Cl)ccc12.O=C(O)C(F)(F)F. The Bertz CT molecular complexity index is 2190. The molecular formula is C36H30Cl2F3N7O4. The molecule has 0 saturated carbocycles. The summed E-state index contributed by atoms with van der Waals surface area (Å²) in [5.74, 6) is -2.31. The molecule has 52 heavy (non-hydrogen) atoms. The summed E-state index contributed by atoms with van der Waals surface area (Å²) in [7, 11) is 0. The molecule has 7 N–H and O–H groups in total. The average Bonchev–Trinajstić information content (AvgIpc) is 3.69. The van der Waals surface area contributed by atoms with Crippen molar-refractivity contribution in [1.29, 1.82) is 0 Å². The van der Waals surface area contributed by atoms with Crippen molar-refractivity contribution in [2.24, 2.45) is 0 Å². The highest BCUT2D eigenvalue weighted by atomic mass is 35.5. The van der Waals surface area contributed by atoms with Crippen LogP contribution in [0, 0.1) is 0 Å². The van der Waals surface area contributed by atoms with Gasteiger partial charge < -0.3 is 26.5 Å². The van der Waals surface area contributed by atoms with Gasteiger partial charge in [-0.3, -0.25) is 14.7 Å². The number of carbonyl (C=O) groups is 3. The third-order valence-electron chi connectivity index (χ3n) is 7.70. The lowest BCUT2D eigenvalue weighted by atomic mass is 10.0. The number of halogens is 5. The normalized spacial score (nSPS) is 11.7. The number of nitrogens with zero attached hydrogens (tertiary/aromatic N) is 2. The number of carboxylic acid groups (broad SMARTS) is 1. The molecule has 2 heterocycles. The summed E-state index contributed by atoms with van der Waals surface area (Å²) in [4.78, 5) is 43.4. The van der Waals surface area contributed by atoms with Gasteiger partial charge in [-0.25, -0.2) is 9.78 Å². The number of carboxylic acids is 1. The second-order valence-electron chi connectivity index (χ2n) is 11.4. The zero-order chi connectivity index (χ0) is 37.4. The van der Waals surface area contributed by atoms with Crippen LogP contribution in [0.2, 0.25) is 10.2 Å². The van der Waals surface area contributed by atoms with Crippen LogP contribution in [0.1, 0.15) is 39.8 Å². The number of hydrogen-bond acceptors (Lipinski definition) is 6. The lowest BCUT2D eigenvalue weighted by molar-refractivity contribution is -0.192. The highest BCUT2D eigenvalue weighted by Gasteiger charge is 2.38. The van der Waals surface area contributed by atoms with Gasteiger partial charge in [-0.05, 0) is 66.4 Å². The molecule has 0 aliphatic heterocycles. The number of imidazole rings is 1. The molecule has 11 nitrogen and oxygen atoms in total. The van der Waals surface area contributed by atoms with Gasteiger partial charge in [0.05, 0.1) is 11.6 Å². The summed E-state index contributed by atoms with van der Waals surface area (Å²) in [6.07, 6.45) is -4.18. The van der Waals surface area contributed by atoms with Gasteiger partial charge in [0.25, 0.3) is 5.91 Å². The molecule has 2 amide bonds. The highest BCUT2D eigenvalue weighted by molar-refractivity contribution is 6.32. The Labute approximate surface area is 304 Å². The van der Waals surface area contributed by atoms with E-state index < -0.39 is 18.2 Å². The van der Waals surface area contributed by atoms with Crippen LogP contribution < -0.4 is 16.4 Å². The molecule has 4 aromatic carbocycles. The van der Waals surface area contributed by atoms with Gasteiger partial charge in [0, 0.05) is 33.6 Å². The van der Waals surface area contributed by atoms with E-state index in [0.717, 1.165) is 22.0 Å². The van der Waals surface area contributed by atoms with Crippen LogP contribution in [0.15, 0.2) is 97.1 Å². The number of aryl methyl sites for hydroxylation is 1. The molecule has 0 fully saturated rings. The van der Waals surface area contributed by atoms with Gasteiger partial charge in [0.2, 0.25) is 5.91 Å². The number of nitrogen functional groups attached to an aromatic ring is 1. The molecule has 0 spiro atoms. The van der Waals surface area contributed by atoms with Crippen LogP contribution in [0.4, 0.5) is 24.7 Å². The first-order valence-electron chi connectivity index (χ1n) is 15.6. The number of carbonyl (C=O) groups excluding carboxylic acids is 2. The van der Waals surface area contributed by atoms with Gasteiger partial charge in [-0.1, -0.05) is 77.8 Å². The molecule has 0 aliphatic rings. The van der Waals surface area contributed by atoms with Crippen molar-refractivity contribution in [2.45, 2.75) is 31.5 Å². The Morgan fingerprint density at radius 2 is 1.60 bits per heavy atom. The molecule has 6 aromatic rings. The monoisotopic (exact) mass is 751 g/mol. The van der Waals surface area contributed by atoms with Gasteiger partial charge in [-0.15, -0.1) is 0 Å². The number of hydrogen-bond donors (Lipinski definition) is 6. The molecule has 0 saturated heterocycles. The van der Waals surface area contributed by atoms with E-state index in [1.54, 1.807) is 18.2 Å². The number of rotatable bonds is 10. The predicted octanol–water partition coefficient (Wildman–Crippen LogP) is 7.76. The van der Waals surface area contributed by atoms with Gasteiger partial charge in [0.15, 0.2) is 5.82 Å².